The number of benzene rings is 2. The molecule has 2 N–H and O–H groups in total. The molecule has 2 rings (SSSR count). The SMILES string of the molecule is CCOc1ccccc1CNC(=NC)NCCc1ccc(F)cc1.I. The first kappa shape index (κ1) is 21.2. The standard InChI is InChI=1S/C19H24FN3O.HI/c1-3-24-18-7-5-4-6-16(18)14-23-19(21-2)22-13-12-15-8-10-17(20)11-9-15;/h4-11H,3,12-14H2,1-2H3,(H2,21,22,23);1H. The van der Waals surface area contributed by atoms with Gasteiger partial charge in [-0.1, -0.05) is 30.3 Å². The number of ether oxygens (including phenoxy) is 1. The number of hydrogen-bond donors (Lipinski definition) is 2. The lowest BCUT2D eigenvalue weighted by atomic mass is 10.1. The number of para-hydroxylation sites is 1. The highest BCUT2D eigenvalue weighted by molar-refractivity contribution is 14.0. The molecular weight excluding hydrogens is 432 g/mol. The molecule has 6 heteroatoms. The van der Waals surface area contributed by atoms with Gasteiger partial charge in [-0.3, -0.25) is 4.99 Å². The average Bonchev–Trinajstić information content (AvgIpc) is 2.61. The summed E-state index contributed by atoms with van der Waals surface area (Å²) in [6.45, 7) is 3.96. The van der Waals surface area contributed by atoms with Gasteiger partial charge < -0.3 is 15.4 Å². The zero-order valence-corrected chi connectivity index (χ0v) is 16.9. The molecule has 0 aromatic heterocycles. The van der Waals surface area contributed by atoms with Crippen LogP contribution >= 0.6 is 24.0 Å². The second-order valence-corrected chi connectivity index (χ2v) is 5.27. The quantitative estimate of drug-likeness (QED) is 0.378. The van der Waals surface area contributed by atoms with Gasteiger partial charge in [-0.2, -0.15) is 0 Å². The summed E-state index contributed by atoms with van der Waals surface area (Å²) >= 11 is 0. The maximum Gasteiger partial charge on any atom is 0.191 e. The highest BCUT2D eigenvalue weighted by Gasteiger charge is 2.04. The van der Waals surface area contributed by atoms with Gasteiger partial charge in [0.25, 0.3) is 0 Å². The summed E-state index contributed by atoms with van der Waals surface area (Å²) < 4.78 is 18.5. The molecule has 0 aliphatic carbocycles. The van der Waals surface area contributed by atoms with E-state index < -0.39 is 0 Å². The Morgan fingerprint density at radius 3 is 2.48 bits per heavy atom. The van der Waals surface area contributed by atoms with Crippen LogP contribution in [0.25, 0.3) is 0 Å². The zero-order chi connectivity index (χ0) is 17.2. The predicted molar refractivity (Wildman–Crippen MR) is 111 cm³/mol. The Morgan fingerprint density at radius 1 is 1.08 bits per heavy atom. The molecule has 0 radical (unpaired) electrons. The van der Waals surface area contributed by atoms with Gasteiger partial charge in [-0.05, 0) is 37.1 Å². The van der Waals surface area contributed by atoms with Crippen molar-refractivity contribution in [1.82, 2.24) is 10.6 Å². The second kappa shape index (κ2) is 11.7. The smallest absolute Gasteiger partial charge is 0.191 e. The second-order valence-electron chi connectivity index (χ2n) is 5.27. The molecule has 0 atom stereocenters. The molecular formula is C19H25FIN3O. The van der Waals surface area contributed by atoms with Crippen molar-refractivity contribution in [2.45, 2.75) is 19.9 Å². The van der Waals surface area contributed by atoms with E-state index in [1.54, 1.807) is 19.2 Å². The van der Waals surface area contributed by atoms with Crippen LogP contribution in [0.15, 0.2) is 53.5 Å². The van der Waals surface area contributed by atoms with Gasteiger partial charge in [0, 0.05) is 25.7 Å². The number of nitrogens with zero attached hydrogens (tertiary/aromatic N) is 1. The van der Waals surface area contributed by atoms with Crippen LogP contribution < -0.4 is 15.4 Å². The number of rotatable bonds is 7. The van der Waals surface area contributed by atoms with Gasteiger partial charge in [0.15, 0.2) is 5.96 Å². The third kappa shape index (κ3) is 7.29. The topological polar surface area (TPSA) is 45.6 Å². The van der Waals surface area contributed by atoms with Gasteiger partial charge >= 0.3 is 0 Å². The normalized spacial score (nSPS) is 10.8. The monoisotopic (exact) mass is 457 g/mol. The highest BCUT2D eigenvalue weighted by Crippen LogP contribution is 2.17. The first-order valence-corrected chi connectivity index (χ1v) is 8.12. The lowest BCUT2D eigenvalue weighted by Crippen LogP contribution is -2.37. The molecule has 136 valence electrons. The fourth-order valence-corrected chi connectivity index (χ4v) is 2.32. The summed E-state index contributed by atoms with van der Waals surface area (Å²) in [6.07, 6.45) is 0.802. The molecule has 0 unspecified atom stereocenters. The van der Waals surface area contributed by atoms with E-state index in [1.807, 2.05) is 31.2 Å². The van der Waals surface area contributed by atoms with E-state index in [9.17, 15) is 4.39 Å². The summed E-state index contributed by atoms with van der Waals surface area (Å²) in [5.41, 5.74) is 2.17. The van der Waals surface area contributed by atoms with Gasteiger partial charge in [0.05, 0.1) is 6.61 Å². The minimum absolute atomic E-state index is 0. The molecule has 2 aromatic rings. The van der Waals surface area contributed by atoms with Gasteiger partial charge in [0.2, 0.25) is 0 Å². The molecule has 0 heterocycles. The Morgan fingerprint density at radius 2 is 1.80 bits per heavy atom. The third-order valence-electron chi connectivity index (χ3n) is 3.56. The summed E-state index contributed by atoms with van der Waals surface area (Å²) in [5.74, 6) is 1.40. The summed E-state index contributed by atoms with van der Waals surface area (Å²) in [4.78, 5) is 4.22. The minimum Gasteiger partial charge on any atom is -0.494 e. The van der Waals surface area contributed by atoms with Crippen molar-refractivity contribution in [3.8, 4) is 5.75 Å². The van der Waals surface area contributed by atoms with Crippen LogP contribution in [-0.4, -0.2) is 26.2 Å². The van der Waals surface area contributed by atoms with Crippen LogP contribution in [0.1, 0.15) is 18.1 Å². The van der Waals surface area contributed by atoms with Crippen molar-refractivity contribution in [3.63, 3.8) is 0 Å². The third-order valence-corrected chi connectivity index (χ3v) is 3.56. The number of halogens is 2. The lowest BCUT2D eigenvalue weighted by Gasteiger charge is -2.14. The maximum absolute atomic E-state index is 12.9. The Bertz CT molecular complexity index is 662. The van der Waals surface area contributed by atoms with E-state index in [1.165, 1.54) is 12.1 Å². The molecule has 4 nitrogen and oxygen atoms in total. The van der Waals surface area contributed by atoms with Gasteiger partial charge in [-0.15, -0.1) is 24.0 Å². The number of aliphatic imine (C=N–C) groups is 1. The van der Waals surface area contributed by atoms with Crippen LogP contribution in [0, 0.1) is 5.82 Å². The first-order chi connectivity index (χ1) is 11.7. The van der Waals surface area contributed by atoms with E-state index in [-0.39, 0.29) is 29.8 Å². The van der Waals surface area contributed by atoms with Crippen LogP contribution in [0.4, 0.5) is 4.39 Å². The largest absolute Gasteiger partial charge is 0.494 e. The van der Waals surface area contributed by atoms with E-state index in [0.717, 1.165) is 35.8 Å². The maximum atomic E-state index is 12.9. The van der Waals surface area contributed by atoms with Crippen molar-refractivity contribution >= 4 is 29.9 Å². The lowest BCUT2D eigenvalue weighted by molar-refractivity contribution is 0.336. The molecule has 0 saturated heterocycles. The van der Waals surface area contributed by atoms with E-state index in [2.05, 4.69) is 15.6 Å². The van der Waals surface area contributed by atoms with Crippen molar-refractivity contribution in [2.24, 2.45) is 4.99 Å². The number of hydrogen-bond acceptors (Lipinski definition) is 2. The Balaban J connectivity index is 0.00000312. The Kier molecular flexibility index (Phi) is 9.91. The molecule has 0 spiro atoms. The summed E-state index contributed by atoms with van der Waals surface area (Å²) in [6, 6.07) is 14.5. The molecule has 0 aliphatic heterocycles. The molecule has 25 heavy (non-hydrogen) atoms. The predicted octanol–water partition coefficient (Wildman–Crippen LogP) is 3.75. The number of guanidine groups is 1. The van der Waals surface area contributed by atoms with E-state index >= 15 is 0 Å². The van der Waals surface area contributed by atoms with Crippen molar-refractivity contribution in [2.75, 3.05) is 20.2 Å². The molecule has 2 aromatic carbocycles. The van der Waals surface area contributed by atoms with Crippen molar-refractivity contribution in [3.05, 3.63) is 65.5 Å². The fourth-order valence-electron chi connectivity index (χ4n) is 2.32. The van der Waals surface area contributed by atoms with E-state index in [0.29, 0.717) is 13.2 Å². The average molecular weight is 457 g/mol. The molecule has 0 aliphatic rings. The Labute approximate surface area is 165 Å². The molecule has 0 bridgehead atoms. The van der Waals surface area contributed by atoms with Crippen LogP contribution in [0.5, 0.6) is 5.75 Å². The molecule has 0 saturated carbocycles. The van der Waals surface area contributed by atoms with Crippen LogP contribution in [-0.2, 0) is 13.0 Å². The first-order valence-electron chi connectivity index (χ1n) is 8.12. The van der Waals surface area contributed by atoms with Gasteiger partial charge in [0.1, 0.15) is 11.6 Å². The van der Waals surface area contributed by atoms with E-state index in [4.69, 9.17) is 4.74 Å². The highest BCUT2D eigenvalue weighted by atomic mass is 127. The zero-order valence-electron chi connectivity index (χ0n) is 14.6. The van der Waals surface area contributed by atoms with Gasteiger partial charge in [-0.25, -0.2) is 4.39 Å². The van der Waals surface area contributed by atoms with Crippen LogP contribution in [0.3, 0.4) is 0 Å². The fraction of sp³-hybridized carbons (Fsp3) is 0.316. The Hall–Kier alpha value is -1.83. The van der Waals surface area contributed by atoms with Crippen molar-refractivity contribution in [1.29, 1.82) is 0 Å². The number of nitrogens with one attached hydrogen (secondary N) is 2. The molecule has 0 amide bonds. The summed E-state index contributed by atoms with van der Waals surface area (Å²) in [7, 11) is 1.74. The minimum atomic E-state index is -0.211. The van der Waals surface area contributed by atoms with Crippen LogP contribution in [0.2, 0.25) is 0 Å². The van der Waals surface area contributed by atoms with Crippen molar-refractivity contribution < 1.29 is 9.13 Å². The molecule has 0 fully saturated rings. The summed E-state index contributed by atoms with van der Waals surface area (Å²) in [5, 5.41) is 6.54.